The lowest BCUT2D eigenvalue weighted by molar-refractivity contribution is 0.242. The zero-order chi connectivity index (χ0) is 11.4. The highest BCUT2D eigenvalue weighted by Crippen LogP contribution is 2.19. The molecule has 0 bridgehead atoms. The van der Waals surface area contributed by atoms with Crippen molar-refractivity contribution >= 4 is 0 Å². The number of hydrogen-bond donors (Lipinski definition) is 1. The number of aryl methyl sites for hydroxylation is 1. The van der Waals surface area contributed by atoms with E-state index in [1.807, 2.05) is 7.05 Å². The molecule has 1 unspecified atom stereocenters. The first-order chi connectivity index (χ1) is 7.79. The lowest BCUT2D eigenvalue weighted by atomic mass is 10.1. The maximum atomic E-state index is 3.29. The van der Waals surface area contributed by atoms with E-state index in [0.717, 1.165) is 19.1 Å². The summed E-state index contributed by atoms with van der Waals surface area (Å²) in [5.74, 6) is 0. The fraction of sp³-hybridized carbons (Fsp3) is 0.571. The first-order valence-corrected chi connectivity index (χ1v) is 6.24. The average Bonchev–Trinajstić information content (AvgIpc) is 2.70. The van der Waals surface area contributed by atoms with E-state index in [4.69, 9.17) is 0 Å². The van der Waals surface area contributed by atoms with Crippen LogP contribution in [0.15, 0.2) is 24.3 Å². The van der Waals surface area contributed by atoms with Crippen LogP contribution >= 0.6 is 0 Å². The molecule has 88 valence electrons. The van der Waals surface area contributed by atoms with Gasteiger partial charge in [0, 0.05) is 19.1 Å². The van der Waals surface area contributed by atoms with Gasteiger partial charge in [-0.05, 0) is 38.9 Å². The largest absolute Gasteiger partial charge is 0.318 e. The molecule has 1 N–H and O–H groups in total. The van der Waals surface area contributed by atoms with Crippen molar-refractivity contribution in [2.45, 2.75) is 32.4 Å². The third-order valence-corrected chi connectivity index (χ3v) is 3.45. The fourth-order valence-corrected chi connectivity index (χ4v) is 2.50. The van der Waals surface area contributed by atoms with Gasteiger partial charge in [0.2, 0.25) is 0 Å². The standard InChI is InChI=1S/C14H22N2/c1-12-5-7-13(8-6-12)11-16-9-3-4-14(16)10-15-2/h5-8,14-15H,3-4,9-11H2,1-2H3. The molecule has 1 heterocycles. The Kier molecular flexibility index (Phi) is 3.97. The molecule has 1 aromatic carbocycles. The van der Waals surface area contributed by atoms with Crippen LogP contribution in [0.2, 0.25) is 0 Å². The molecular weight excluding hydrogens is 196 g/mol. The molecular formula is C14H22N2. The lowest BCUT2D eigenvalue weighted by Gasteiger charge is -2.24. The van der Waals surface area contributed by atoms with Gasteiger partial charge < -0.3 is 5.32 Å². The number of rotatable bonds is 4. The lowest BCUT2D eigenvalue weighted by Crippen LogP contribution is -2.36. The van der Waals surface area contributed by atoms with E-state index in [9.17, 15) is 0 Å². The van der Waals surface area contributed by atoms with E-state index in [1.165, 1.54) is 30.5 Å². The van der Waals surface area contributed by atoms with E-state index in [-0.39, 0.29) is 0 Å². The number of hydrogen-bond acceptors (Lipinski definition) is 2. The smallest absolute Gasteiger partial charge is 0.0237 e. The SMILES string of the molecule is CNCC1CCCN1Cc1ccc(C)cc1. The molecule has 1 fully saturated rings. The summed E-state index contributed by atoms with van der Waals surface area (Å²) in [6, 6.07) is 9.65. The molecule has 0 aliphatic carbocycles. The van der Waals surface area contributed by atoms with Gasteiger partial charge in [-0.3, -0.25) is 4.90 Å². The average molecular weight is 218 g/mol. The molecule has 16 heavy (non-hydrogen) atoms. The van der Waals surface area contributed by atoms with Crippen LogP contribution in [0.4, 0.5) is 0 Å². The van der Waals surface area contributed by atoms with E-state index in [2.05, 4.69) is 41.4 Å². The number of benzene rings is 1. The monoisotopic (exact) mass is 218 g/mol. The van der Waals surface area contributed by atoms with Crippen LogP contribution in [0.3, 0.4) is 0 Å². The summed E-state index contributed by atoms with van der Waals surface area (Å²) >= 11 is 0. The molecule has 0 saturated carbocycles. The molecule has 0 spiro atoms. The summed E-state index contributed by atoms with van der Waals surface area (Å²) in [5, 5.41) is 3.29. The quantitative estimate of drug-likeness (QED) is 0.833. The summed E-state index contributed by atoms with van der Waals surface area (Å²) < 4.78 is 0. The normalized spacial score (nSPS) is 21.5. The predicted octanol–water partition coefficient (Wildman–Crippen LogP) is 2.18. The fourth-order valence-electron chi connectivity index (χ4n) is 2.50. The molecule has 0 amide bonds. The number of nitrogens with zero attached hydrogens (tertiary/aromatic N) is 1. The van der Waals surface area contributed by atoms with E-state index in [0.29, 0.717) is 0 Å². The van der Waals surface area contributed by atoms with Gasteiger partial charge in [-0.15, -0.1) is 0 Å². The molecule has 2 rings (SSSR count). The third-order valence-electron chi connectivity index (χ3n) is 3.45. The second-order valence-electron chi connectivity index (χ2n) is 4.81. The Labute approximate surface area is 98.7 Å². The Morgan fingerprint density at radius 1 is 1.31 bits per heavy atom. The van der Waals surface area contributed by atoms with Crippen molar-refractivity contribution in [2.75, 3.05) is 20.1 Å². The minimum absolute atomic E-state index is 0.728. The minimum atomic E-state index is 0.728. The molecule has 1 saturated heterocycles. The Balaban J connectivity index is 1.95. The van der Waals surface area contributed by atoms with Crippen LogP contribution in [-0.2, 0) is 6.54 Å². The molecule has 1 aromatic rings. The third kappa shape index (κ3) is 2.83. The summed E-state index contributed by atoms with van der Waals surface area (Å²) in [6.07, 6.45) is 2.69. The van der Waals surface area contributed by atoms with Gasteiger partial charge in [0.1, 0.15) is 0 Å². The second-order valence-corrected chi connectivity index (χ2v) is 4.81. The van der Waals surface area contributed by atoms with Crippen molar-refractivity contribution in [2.24, 2.45) is 0 Å². The van der Waals surface area contributed by atoms with Crippen molar-refractivity contribution in [1.82, 2.24) is 10.2 Å². The molecule has 0 radical (unpaired) electrons. The van der Waals surface area contributed by atoms with Crippen molar-refractivity contribution in [1.29, 1.82) is 0 Å². The highest BCUT2D eigenvalue weighted by atomic mass is 15.2. The van der Waals surface area contributed by atoms with Gasteiger partial charge in [0.25, 0.3) is 0 Å². The van der Waals surface area contributed by atoms with Crippen LogP contribution in [0.25, 0.3) is 0 Å². The number of nitrogens with one attached hydrogen (secondary N) is 1. The highest BCUT2D eigenvalue weighted by molar-refractivity contribution is 5.21. The van der Waals surface area contributed by atoms with Crippen molar-refractivity contribution in [3.63, 3.8) is 0 Å². The van der Waals surface area contributed by atoms with Gasteiger partial charge >= 0.3 is 0 Å². The first-order valence-electron chi connectivity index (χ1n) is 6.24. The van der Waals surface area contributed by atoms with Gasteiger partial charge in [0.15, 0.2) is 0 Å². The van der Waals surface area contributed by atoms with Gasteiger partial charge in [-0.25, -0.2) is 0 Å². The topological polar surface area (TPSA) is 15.3 Å². The van der Waals surface area contributed by atoms with Crippen molar-refractivity contribution < 1.29 is 0 Å². The molecule has 0 aromatic heterocycles. The Morgan fingerprint density at radius 2 is 2.06 bits per heavy atom. The summed E-state index contributed by atoms with van der Waals surface area (Å²) in [5.41, 5.74) is 2.78. The molecule has 1 aliphatic rings. The maximum Gasteiger partial charge on any atom is 0.0237 e. The highest BCUT2D eigenvalue weighted by Gasteiger charge is 2.23. The van der Waals surface area contributed by atoms with Gasteiger partial charge in [0.05, 0.1) is 0 Å². The maximum absolute atomic E-state index is 3.29. The molecule has 2 heteroatoms. The summed E-state index contributed by atoms with van der Waals surface area (Å²) in [6.45, 7) is 5.61. The Morgan fingerprint density at radius 3 is 2.75 bits per heavy atom. The van der Waals surface area contributed by atoms with Gasteiger partial charge in [-0.2, -0.15) is 0 Å². The molecule has 2 nitrogen and oxygen atoms in total. The number of likely N-dealkylation sites (N-methyl/N-ethyl adjacent to an activating group) is 1. The Bertz CT molecular complexity index is 318. The van der Waals surface area contributed by atoms with Crippen LogP contribution in [0.5, 0.6) is 0 Å². The zero-order valence-corrected chi connectivity index (χ0v) is 10.4. The second kappa shape index (κ2) is 5.46. The van der Waals surface area contributed by atoms with Crippen LogP contribution in [0.1, 0.15) is 24.0 Å². The minimum Gasteiger partial charge on any atom is -0.318 e. The first kappa shape index (κ1) is 11.6. The van der Waals surface area contributed by atoms with E-state index in [1.54, 1.807) is 0 Å². The van der Waals surface area contributed by atoms with E-state index >= 15 is 0 Å². The van der Waals surface area contributed by atoms with Crippen LogP contribution in [0, 0.1) is 6.92 Å². The van der Waals surface area contributed by atoms with Crippen LogP contribution in [-0.4, -0.2) is 31.1 Å². The summed E-state index contributed by atoms with van der Waals surface area (Å²) in [7, 11) is 2.04. The zero-order valence-electron chi connectivity index (χ0n) is 10.4. The van der Waals surface area contributed by atoms with Crippen molar-refractivity contribution in [3.8, 4) is 0 Å². The molecule has 1 aliphatic heterocycles. The van der Waals surface area contributed by atoms with Crippen LogP contribution < -0.4 is 5.32 Å². The number of likely N-dealkylation sites (tertiary alicyclic amines) is 1. The molecule has 1 atom stereocenters. The van der Waals surface area contributed by atoms with Gasteiger partial charge in [-0.1, -0.05) is 29.8 Å². The Hall–Kier alpha value is -0.860. The summed E-state index contributed by atoms with van der Waals surface area (Å²) in [4.78, 5) is 2.60. The van der Waals surface area contributed by atoms with E-state index < -0.39 is 0 Å². The predicted molar refractivity (Wildman–Crippen MR) is 68.5 cm³/mol. The van der Waals surface area contributed by atoms with Crippen molar-refractivity contribution in [3.05, 3.63) is 35.4 Å².